The molecule has 2 aromatic carbocycles. The van der Waals surface area contributed by atoms with E-state index >= 15 is 0 Å². The number of hydrazone groups is 1. The molecule has 3 N–H and O–H groups in total. The van der Waals surface area contributed by atoms with E-state index in [-0.39, 0.29) is 24.2 Å². The first kappa shape index (κ1) is 21.9. The van der Waals surface area contributed by atoms with E-state index in [0.717, 1.165) is 23.7 Å². The summed E-state index contributed by atoms with van der Waals surface area (Å²) in [4.78, 5) is 14.7. The average molecular weight is 463 g/mol. The van der Waals surface area contributed by atoms with Crippen molar-refractivity contribution in [2.75, 3.05) is 11.1 Å². The molecule has 172 valence electrons. The number of carbonyl (C=O) groups is 1. The highest BCUT2D eigenvalue weighted by molar-refractivity contribution is 8.14. The fourth-order valence-corrected chi connectivity index (χ4v) is 5.46. The molecule has 0 saturated carbocycles. The quantitative estimate of drug-likeness (QED) is 0.627. The predicted octanol–water partition coefficient (Wildman–Crippen LogP) is 3.84. The second kappa shape index (κ2) is 9.11. The van der Waals surface area contributed by atoms with Gasteiger partial charge < -0.3 is 15.2 Å². The van der Waals surface area contributed by atoms with Gasteiger partial charge in [0.25, 0.3) is 0 Å². The number of rotatable bonds is 5. The fourth-order valence-electron chi connectivity index (χ4n) is 4.68. The van der Waals surface area contributed by atoms with Crippen LogP contribution in [0.4, 0.5) is 5.69 Å². The molecule has 0 aromatic heterocycles. The van der Waals surface area contributed by atoms with Crippen molar-refractivity contribution in [1.82, 2.24) is 20.8 Å². The van der Waals surface area contributed by atoms with Gasteiger partial charge in [-0.1, -0.05) is 54.6 Å². The van der Waals surface area contributed by atoms with E-state index in [1.165, 1.54) is 34.0 Å². The summed E-state index contributed by atoms with van der Waals surface area (Å²) in [7, 11) is 0. The number of benzene rings is 2. The van der Waals surface area contributed by atoms with Gasteiger partial charge in [0, 0.05) is 18.1 Å². The number of anilines is 1. The topological polar surface area (TPSA) is 72.0 Å². The molecule has 3 aliphatic heterocycles. The molecule has 1 fully saturated rings. The third-order valence-electron chi connectivity index (χ3n) is 6.47. The second-order valence-electron chi connectivity index (χ2n) is 8.82. The summed E-state index contributed by atoms with van der Waals surface area (Å²) in [5.74, 6) is 0.283. The molecule has 3 atom stereocenters. The summed E-state index contributed by atoms with van der Waals surface area (Å²) < 4.78 is 0. The summed E-state index contributed by atoms with van der Waals surface area (Å²) in [5.41, 5.74) is 12.9. The van der Waals surface area contributed by atoms with E-state index in [9.17, 15) is 4.79 Å². The lowest BCUT2D eigenvalue weighted by atomic mass is 9.95. The number of carbonyl (C=O) groups excluding carboxylic acids is 1. The molecular weight excluding hydrogens is 432 g/mol. The van der Waals surface area contributed by atoms with Crippen LogP contribution in [0.3, 0.4) is 0 Å². The van der Waals surface area contributed by atoms with Crippen molar-refractivity contribution < 1.29 is 4.79 Å². The third kappa shape index (κ3) is 4.45. The highest BCUT2D eigenvalue weighted by Gasteiger charge is 2.44. The lowest BCUT2D eigenvalue weighted by molar-refractivity contribution is -0.113. The Labute approximate surface area is 199 Å². The highest BCUT2D eigenvalue weighted by Crippen LogP contribution is 2.36. The van der Waals surface area contributed by atoms with Crippen molar-refractivity contribution in [3.8, 4) is 0 Å². The van der Waals surface area contributed by atoms with E-state index in [0.29, 0.717) is 5.75 Å². The molecule has 0 radical (unpaired) electrons. The molecule has 0 spiro atoms. The number of amidine groups is 1. The number of nitrogens with one attached hydrogen (secondary N) is 3. The average Bonchev–Trinajstić information content (AvgIpc) is 3.43. The molecule has 3 heterocycles. The van der Waals surface area contributed by atoms with Gasteiger partial charge in [-0.15, -0.1) is 0 Å². The van der Waals surface area contributed by atoms with Crippen molar-refractivity contribution in [3.63, 3.8) is 0 Å². The van der Waals surface area contributed by atoms with Crippen molar-refractivity contribution in [2.24, 2.45) is 5.10 Å². The number of hydrogen-bond acceptors (Lipinski definition) is 7. The number of aryl methyl sites for hydroxylation is 3. The number of nitrogens with zero attached hydrogens (tertiary/aromatic N) is 3. The van der Waals surface area contributed by atoms with E-state index in [1.54, 1.807) is 0 Å². The monoisotopic (exact) mass is 462 g/mol. The Bertz CT molecular complexity index is 1120. The zero-order chi connectivity index (χ0) is 22.9. The van der Waals surface area contributed by atoms with E-state index in [2.05, 4.69) is 82.4 Å². The molecule has 0 aliphatic carbocycles. The van der Waals surface area contributed by atoms with Crippen LogP contribution in [0.1, 0.15) is 41.6 Å². The Kier molecular flexibility index (Phi) is 6.03. The van der Waals surface area contributed by atoms with Crippen LogP contribution in [-0.4, -0.2) is 38.9 Å². The van der Waals surface area contributed by atoms with Crippen LogP contribution in [0, 0.1) is 13.8 Å². The normalized spacial score (nSPS) is 23.1. The molecule has 33 heavy (non-hydrogen) atoms. The van der Waals surface area contributed by atoms with Crippen LogP contribution in [0.2, 0.25) is 0 Å². The lowest BCUT2D eigenvalue weighted by Gasteiger charge is -2.36. The minimum absolute atomic E-state index is 0.0282. The number of hydrogen-bond donors (Lipinski definition) is 3. The van der Waals surface area contributed by atoms with Crippen LogP contribution in [0.25, 0.3) is 0 Å². The number of amides is 1. The summed E-state index contributed by atoms with van der Waals surface area (Å²) in [6.07, 6.45) is 6.08. The summed E-state index contributed by atoms with van der Waals surface area (Å²) in [6, 6.07) is 15.1. The Morgan fingerprint density at radius 2 is 2.09 bits per heavy atom. The number of thioether (sulfide) groups is 1. The van der Waals surface area contributed by atoms with Crippen LogP contribution >= 0.6 is 11.8 Å². The zero-order valence-corrected chi connectivity index (χ0v) is 20.0. The first-order chi connectivity index (χ1) is 16.0. The molecule has 3 aliphatic rings. The van der Waals surface area contributed by atoms with Crippen LogP contribution in [0.15, 0.2) is 60.0 Å². The van der Waals surface area contributed by atoms with Gasteiger partial charge in [0.2, 0.25) is 5.91 Å². The van der Waals surface area contributed by atoms with Gasteiger partial charge in [-0.3, -0.25) is 10.2 Å². The molecule has 1 amide bonds. The molecule has 5 rings (SSSR count). The largest absolute Gasteiger partial charge is 0.325 e. The number of hydrazine groups is 1. The van der Waals surface area contributed by atoms with Crippen LogP contribution in [0.5, 0.6) is 0 Å². The Morgan fingerprint density at radius 1 is 1.21 bits per heavy atom. The Hall–Kier alpha value is -2.97. The molecule has 0 bridgehead atoms. The van der Waals surface area contributed by atoms with Gasteiger partial charge in [-0.2, -0.15) is 5.10 Å². The van der Waals surface area contributed by atoms with Gasteiger partial charge in [0.05, 0.1) is 17.8 Å². The lowest BCUT2D eigenvalue weighted by Crippen LogP contribution is -2.54. The molecule has 2 aromatic rings. The van der Waals surface area contributed by atoms with Crippen molar-refractivity contribution >= 4 is 28.5 Å². The standard InChI is InChI=1S/C25H30N6OS/c1-4-18-6-5-7-19(13-18)26-23(32)15-33-25-28-27-24-22-14-21(29-31(22)11-10-30(24)25)20-12-16(2)8-9-17(20)3/h5-13,21-22,24,27,29H,4,14-15H2,1-3H3,(H,26,32). The van der Waals surface area contributed by atoms with Gasteiger partial charge >= 0.3 is 0 Å². The summed E-state index contributed by atoms with van der Waals surface area (Å²) in [6.45, 7) is 6.42. The second-order valence-corrected chi connectivity index (χ2v) is 9.76. The maximum atomic E-state index is 12.5. The SMILES string of the molecule is CCc1cccc(NC(=O)CSC2=NNC3C4CC(c5cc(C)ccc5C)NN4C=CN23)c1. The molecule has 8 heteroatoms. The zero-order valence-electron chi connectivity index (χ0n) is 19.2. The fraction of sp³-hybridized carbons (Fsp3) is 0.360. The molecule has 7 nitrogen and oxygen atoms in total. The third-order valence-corrected chi connectivity index (χ3v) is 7.43. The molecule has 1 saturated heterocycles. The first-order valence-corrected chi connectivity index (χ1v) is 12.4. The Balaban J connectivity index is 1.19. The van der Waals surface area contributed by atoms with Gasteiger partial charge in [0.15, 0.2) is 5.17 Å². The maximum absolute atomic E-state index is 12.5. The van der Waals surface area contributed by atoms with Crippen molar-refractivity contribution in [2.45, 2.75) is 51.9 Å². The van der Waals surface area contributed by atoms with Gasteiger partial charge in [-0.05, 0) is 55.5 Å². The van der Waals surface area contributed by atoms with Gasteiger partial charge in [-0.25, -0.2) is 5.43 Å². The van der Waals surface area contributed by atoms with E-state index in [1.807, 2.05) is 24.4 Å². The Morgan fingerprint density at radius 3 is 2.94 bits per heavy atom. The molecular formula is C25H30N6OS. The smallest absolute Gasteiger partial charge is 0.234 e. The van der Waals surface area contributed by atoms with Crippen molar-refractivity contribution in [3.05, 3.63) is 77.1 Å². The first-order valence-electron chi connectivity index (χ1n) is 11.4. The highest BCUT2D eigenvalue weighted by atomic mass is 32.2. The van der Waals surface area contributed by atoms with Crippen LogP contribution in [-0.2, 0) is 11.2 Å². The minimum Gasteiger partial charge on any atom is -0.325 e. The minimum atomic E-state index is -0.0282. The van der Waals surface area contributed by atoms with E-state index < -0.39 is 0 Å². The summed E-state index contributed by atoms with van der Waals surface area (Å²) in [5, 5.41) is 10.6. The number of fused-ring (bicyclic) bond motifs is 3. The maximum Gasteiger partial charge on any atom is 0.234 e. The summed E-state index contributed by atoms with van der Waals surface area (Å²) >= 11 is 1.45. The molecule has 3 unspecified atom stereocenters. The van der Waals surface area contributed by atoms with E-state index in [4.69, 9.17) is 0 Å². The van der Waals surface area contributed by atoms with Gasteiger partial charge in [0.1, 0.15) is 6.17 Å². The van der Waals surface area contributed by atoms with Crippen LogP contribution < -0.4 is 16.2 Å². The van der Waals surface area contributed by atoms with Crippen molar-refractivity contribution in [1.29, 1.82) is 0 Å². The predicted molar refractivity (Wildman–Crippen MR) is 134 cm³/mol.